The molecule has 74 valence electrons. The van der Waals surface area contributed by atoms with Gasteiger partial charge in [-0.15, -0.1) is 0 Å². The molecule has 0 saturated heterocycles. The minimum atomic E-state index is 0.284. The lowest BCUT2D eigenvalue weighted by atomic mass is 10.1. The van der Waals surface area contributed by atoms with Gasteiger partial charge in [-0.2, -0.15) is 0 Å². The third kappa shape index (κ3) is 5.56. The summed E-state index contributed by atoms with van der Waals surface area (Å²) in [5.74, 6) is 0.765. The van der Waals surface area contributed by atoms with Gasteiger partial charge in [-0.1, -0.05) is 27.2 Å². The molecule has 1 atom stereocenters. The largest absolute Gasteiger partial charge is 0.395 e. The predicted molar refractivity (Wildman–Crippen MR) is 53.3 cm³/mol. The first-order valence-corrected chi connectivity index (χ1v) is 5.07. The molecular weight excluding hydrogens is 150 g/mol. The van der Waals surface area contributed by atoms with E-state index in [1.54, 1.807) is 0 Å². The molecule has 0 fully saturated rings. The number of aliphatic hydroxyl groups excluding tert-OH is 1. The second kappa shape index (κ2) is 7.56. The van der Waals surface area contributed by atoms with Gasteiger partial charge >= 0.3 is 0 Å². The molecule has 0 aromatic rings. The molecule has 0 aromatic carbocycles. The average Bonchev–Trinajstić information content (AvgIpc) is 2.04. The third-order valence-electron chi connectivity index (χ3n) is 2.21. The SMILES string of the molecule is CCCC(C)CN(CC)CCO. The van der Waals surface area contributed by atoms with Crippen molar-refractivity contribution in [1.29, 1.82) is 0 Å². The Morgan fingerprint density at radius 1 is 1.33 bits per heavy atom. The summed E-state index contributed by atoms with van der Waals surface area (Å²) in [7, 11) is 0. The summed E-state index contributed by atoms with van der Waals surface area (Å²) in [6.45, 7) is 9.94. The first kappa shape index (κ1) is 11.9. The fraction of sp³-hybridized carbons (Fsp3) is 1.00. The van der Waals surface area contributed by atoms with Crippen LogP contribution in [0.25, 0.3) is 0 Å². The molecule has 0 spiro atoms. The summed E-state index contributed by atoms with van der Waals surface area (Å²) in [6.07, 6.45) is 2.56. The van der Waals surface area contributed by atoms with Crippen LogP contribution in [0.3, 0.4) is 0 Å². The molecule has 0 aliphatic heterocycles. The third-order valence-corrected chi connectivity index (χ3v) is 2.21. The van der Waals surface area contributed by atoms with Crippen molar-refractivity contribution in [3.63, 3.8) is 0 Å². The van der Waals surface area contributed by atoms with Gasteiger partial charge in [-0.3, -0.25) is 0 Å². The highest BCUT2D eigenvalue weighted by Crippen LogP contribution is 2.06. The number of likely N-dealkylation sites (N-methyl/N-ethyl adjacent to an activating group) is 1. The van der Waals surface area contributed by atoms with Crippen molar-refractivity contribution in [3.8, 4) is 0 Å². The second-order valence-electron chi connectivity index (χ2n) is 3.51. The topological polar surface area (TPSA) is 23.5 Å². The van der Waals surface area contributed by atoms with Crippen LogP contribution in [-0.2, 0) is 0 Å². The molecule has 2 nitrogen and oxygen atoms in total. The standard InChI is InChI=1S/C10H23NO/c1-4-6-10(3)9-11(5-2)7-8-12/h10,12H,4-9H2,1-3H3. The Balaban J connectivity index is 3.53. The van der Waals surface area contributed by atoms with Gasteiger partial charge in [0.25, 0.3) is 0 Å². The molecule has 0 aliphatic rings. The van der Waals surface area contributed by atoms with Crippen molar-refractivity contribution in [1.82, 2.24) is 4.90 Å². The maximum atomic E-state index is 8.77. The average molecular weight is 173 g/mol. The van der Waals surface area contributed by atoms with Gasteiger partial charge in [-0.25, -0.2) is 0 Å². The molecule has 2 heteroatoms. The van der Waals surface area contributed by atoms with Gasteiger partial charge in [0.15, 0.2) is 0 Å². The minimum Gasteiger partial charge on any atom is -0.395 e. The number of aliphatic hydroxyl groups is 1. The highest BCUT2D eigenvalue weighted by molar-refractivity contribution is 4.60. The molecule has 1 N–H and O–H groups in total. The summed E-state index contributed by atoms with van der Waals surface area (Å²) < 4.78 is 0. The van der Waals surface area contributed by atoms with Gasteiger partial charge in [0.05, 0.1) is 6.61 Å². The van der Waals surface area contributed by atoms with E-state index in [-0.39, 0.29) is 6.61 Å². The van der Waals surface area contributed by atoms with Crippen molar-refractivity contribution in [2.24, 2.45) is 5.92 Å². The van der Waals surface area contributed by atoms with Gasteiger partial charge in [0, 0.05) is 13.1 Å². The summed E-state index contributed by atoms with van der Waals surface area (Å²) >= 11 is 0. The number of hydrogen-bond donors (Lipinski definition) is 1. The monoisotopic (exact) mass is 173 g/mol. The number of rotatable bonds is 7. The molecule has 0 bridgehead atoms. The lowest BCUT2D eigenvalue weighted by Gasteiger charge is -2.22. The summed E-state index contributed by atoms with van der Waals surface area (Å²) in [5.41, 5.74) is 0. The molecule has 0 aromatic heterocycles. The molecule has 0 radical (unpaired) electrons. The summed E-state index contributed by atoms with van der Waals surface area (Å²) in [6, 6.07) is 0. The molecule has 0 amide bonds. The van der Waals surface area contributed by atoms with Gasteiger partial charge < -0.3 is 10.0 Å². The molecule has 0 rings (SSSR count). The van der Waals surface area contributed by atoms with E-state index in [4.69, 9.17) is 5.11 Å². The molecule has 0 saturated carbocycles. The zero-order valence-electron chi connectivity index (χ0n) is 8.71. The zero-order valence-corrected chi connectivity index (χ0v) is 8.71. The van der Waals surface area contributed by atoms with Gasteiger partial charge in [-0.05, 0) is 18.9 Å². The van der Waals surface area contributed by atoms with E-state index in [0.29, 0.717) is 0 Å². The fourth-order valence-corrected chi connectivity index (χ4v) is 1.54. The van der Waals surface area contributed by atoms with Crippen LogP contribution in [0.1, 0.15) is 33.6 Å². The Hall–Kier alpha value is -0.0800. The molecule has 1 unspecified atom stereocenters. The van der Waals surface area contributed by atoms with Crippen LogP contribution >= 0.6 is 0 Å². The Labute approximate surface area is 76.6 Å². The smallest absolute Gasteiger partial charge is 0.0558 e. The molecule has 12 heavy (non-hydrogen) atoms. The first-order chi connectivity index (χ1) is 5.74. The Bertz CT molecular complexity index is 95.8. The van der Waals surface area contributed by atoms with Crippen LogP contribution in [0.4, 0.5) is 0 Å². The second-order valence-corrected chi connectivity index (χ2v) is 3.51. The summed E-state index contributed by atoms with van der Waals surface area (Å²) in [5, 5.41) is 8.77. The van der Waals surface area contributed by atoms with Crippen LogP contribution in [0.5, 0.6) is 0 Å². The van der Waals surface area contributed by atoms with Crippen molar-refractivity contribution >= 4 is 0 Å². The number of nitrogens with zero attached hydrogens (tertiary/aromatic N) is 1. The van der Waals surface area contributed by atoms with Crippen LogP contribution in [0.2, 0.25) is 0 Å². The normalized spacial score (nSPS) is 13.8. The van der Waals surface area contributed by atoms with Crippen LogP contribution < -0.4 is 0 Å². The highest BCUT2D eigenvalue weighted by Gasteiger charge is 2.06. The maximum Gasteiger partial charge on any atom is 0.0558 e. The van der Waals surface area contributed by atoms with E-state index in [1.165, 1.54) is 12.8 Å². The summed E-state index contributed by atoms with van der Waals surface area (Å²) in [4.78, 5) is 2.31. The molecule has 0 aliphatic carbocycles. The predicted octanol–water partition coefficient (Wildman–Crippen LogP) is 1.74. The highest BCUT2D eigenvalue weighted by atomic mass is 16.3. The Morgan fingerprint density at radius 2 is 2.00 bits per heavy atom. The van der Waals surface area contributed by atoms with E-state index in [1.807, 2.05) is 0 Å². The van der Waals surface area contributed by atoms with Crippen molar-refractivity contribution in [3.05, 3.63) is 0 Å². The zero-order chi connectivity index (χ0) is 9.40. The van der Waals surface area contributed by atoms with E-state index < -0.39 is 0 Å². The van der Waals surface area contributed by atoms with E-state index in [2.05, 4.69) is 25.7 Å². The van der Waals surface area contributed by atoms with Gasteiger partial charge in [0.2, 0.25) is 0 Å². The molecule has 0 heterocycles. The Kier molecular flexibility index (Phi) is 7.51. The fourth-order valence-electron chi connectivity index (χ4n) is 1.54. The van der Waals surface area contributed by atoms with Crippen LogP contribution in [-0.4, -0.2) is 36.2 Å². The Morgan fingerprint density at radius 3 is 2.42 bits per heavy atom. The lowest BCUT2D eigenvalue weighted by Crippen LogP contribution is -2.31. The van der Waals surface area contributed by atoms with Gasteiger partial charge in [0.1, 0.15) is 0 Å². The quantitative estimate of drug-likeness (QED) is 0.634. The number of hydrogen-bond acceptors (Lipinski definition) is 2. The van der Waals surface area contributed by atoms with Crippen molar-refractivity contribution in [2.75, 3.05) is 26.2 Å². The van der Waals surface area contributed by atoms with Crippen LogP contribution in [0.15, 0.2) is 0 Å². The minimum absolute atomic E-state index is 0.284. The van der Waals surface area contributed by atoms with E-state index >= 15 is 0 Å². The van der Waals surface area contributed by atoms with Crippen LogP contribution in [0, 0.1) is 5.92 Å². The molecular formula is C10H23NO. The van der Waals surface area contributed by atoms with Crippen molar-refractivity contribution in [2.45, 2.75) is 33.6 Å². The van der Waals surface area contributed by atoms with E-state index in [0.717, 1.165) is 25.6 Å². The lowest BCUT2D eigenvalue weighted by molar-refractivity contribution is 0.182. The van der Waals surface area contributed by atoms with E-state index in [9.17, 15) is 0 Å². The van der Waals surface area contributed by atoms with Crippen molar-refractivity contribution < 1.29 is 5.11 Å². The maximum absolute atomic E-state index is 8.77. The first-order valence-electron chi connectivity index (χ1n) is 5.07.